The second-order valence-corrected chi connectivity index (χ2v) is 2.97. The number of quaternary nitrogens is 1. The molecule has 0 saturated heterocycles. The first kappa shape index (κ1) is 8.07. The average molecular weight is 175 g/mol. The van der Waals surface area contributed by atoms with Gasteiger partial charge in [-0.2, -0.15) is 0 Å². The molecule has 0 spiro atoms. The van der Waals surface area contributed by atoms with Crippen LogP contribution in [0.4, 0.5) is 0 Å². The molecule has 1 atom stereocenters. The van der Waals surface area contributed by atoms with E-state index in [1.807, 2.05) is 32.2 Å². The number of aromatic nitrogens is 1. The Morgan fingerprint density at radius 3 is 2.62 bits per heavy atom. The minimum atomic E-state index is 0.887. The Kier molecular flexibility index (Phi) is 1.90. The Bertz CT molecular complexity index is 366. The fourth-order valence-corrected chi connectivity index (χ4v) is 1.19. The highest BCUT2D eigenvalue weighted by molar-refractivity contribution is 5.98. The van der Waals surface area contributed by atoms with Gasteiger partial charge in [0.2, 0.25) is 5.84 Å². The number of pyridine rings is 1. The van der Waals surface area contributed by atoms with Gasteiger partial charge in [0.25, 0.3) is 5.84 Å². The van der Waals surface area contributed by atoms with E-state index >= 15 is 0 Å². The number of nitrogens with zero attached hydrogens (tertiary/aromatic N) is 3. The van der Waals surface area contributed by atoms with Crippen LogP contribution in [0.3, 0.4) is 0 Å². The lowest BCUT2D eigenvalue weighted by molar-refractivity contribution is -0.671. The third-order valence-electron chi connectivity index (χ3n) is 2.11. The minimum Gasteiger partial charge on any atom is -0.249 e. The van der Waals surface area contributed by atoms with Gasteiger partial charge in [0.1, 0.15) is 5.69 Å². The SMILES string of the molecule is CC1=NN=C(c2ccccn2)[NH+]1C. The highest BCUT2D eigenvalue weighted by atomic mass is 15.4. The van der Waals surface area contributed by atoms with Crippen LogP contribution in [0.5, 0.6) is 0 Å². The first-order valence-electron chi connectivity index (χ1n) is 4.17. The molecule has 1 N–H and O–H groups in total. The molecule has 4 nitrogen and oxygen atoms in total. The fourth-order valence-electron chi connectivity index (χ4n) is 1.19. The van der Waals surface area contributed by atoms with E-state index in [0.29, 0.717) is 0 Å². The molecule has 1 aliphatic rings. The smallest absolute Gasteiger partial charge is 0.249 e. The van der Waals surface area contributed by atoms with Crippen LogP contribution in [0.1, 0.15) is 12.6 Å². The zero-order valence-electron chi connectivity index (χ0n) is 7.65. The van der Waals surface area contributed by atoms with E-state index in [0.717, 1.165) is 22.3 Å². The van der Waals surface area contributed by atoms with Crippen LogP contribution in [-0.2, 0) is 0 Å². The fraction of sp³-hybridized carbons (Fsp3) is 0.222. The Labute approximate surface area is 76.6 Å². The zero-order chi connectivity index (χ0) is 9.26. The molecule has 2 heterocycles. The molecule has 1 unspecified atom stereocenters. The van der Waals surface area contributed by atoms with Crippen LogP contribution in [0, 0.1) is 0 Å². The van der Waals surface area contributed by atoms with Crippen LogP contribution in [-0.4, -0.2) is 23.7 Å². The molecule has 1 aliphatic heterocycles. The Morgan fingerprint density at radius 2 is 2.08 bits per heavy atom. The molecule has 66 valence electrons. The summed E-state index contributed by atoms with van der Waals surface area (Å²) in [6, 6.07) is 5.78. The summed E-state index contributed by atoms with van der Waals surface area (Å²) in [5, 5.41) is 8.08. The summed E-state index contributed by atoms with van der Waals surface area (Å²) in [6.45, 7) is 1.95. The third-order valence-corrected chi connectivity index (χ3v) is 2.11. The number of hydrogen-bond acceptors (Lipinski definition) is 3. The largest absolute Gasteiger partial charge is 0.277 e. The maximum Gasteiger partial charge on any atom is 0.277 e. The topological polar surface area (TPSA) is 42.0 Å². The second-order valence-electron chi connectivity index (χ2n) is 2.97. The third kappa shape index (κ3) is 1.36. The van der Waals surface area contributed by atoms with Crippen molar-refractivity contribution >= 4 is 11.7 Å². The lowest BCUT2D eigenvalue weighted by Gasteiger charge is -2.05. The molecule has 1 aromatic heterocycles. The molecular weight excluding hydrogens is 164 g/mol. The van der Waals surface area contributed by atoms with Gasteiger partial charge in [0.05, 0.1) is 7.05 Å². The first-order chi connectivity index (χ1) is 6.29. The van der Waals surface area contributed by atoms with Crippen molar-refractivity contribution in [2.24, 2.45) is 10.2 Å². The summed E-state index contributed by atoms with van der Waals surface area (Å²) in [7, 11) is 2.01. The molecule has 13 heavy (non-hydrogen) atoms. The maximum atomic E-state index is 4.22. The van der Waals surface area contributed by atoms with Gasteiger partial charge in [-0.15, -0.1) is 0 Å². The van der Waals surface area contributed by atoms with Crippen molar-refractivity contribution in [1.82, 2.24) is 4.98 Å². The molecule has 0 fully saturated rings. The van der Waals surface area contributed by atoms with Gasteiger partial charge in [-0.25, -0.2) is 9.88 Å². The summed E-state index contributed by atoms with van der Waals surface area (Å²) < 4.78 is 0. The Hall–Kier alpha value is -1.55. The highest BCUT2D eigenvalue weighted by Crippen LogP contribution is 1.95. The summed E-state index contributed by atoms with van der Waals surface area (Å²) in [5.41, 5.74) is 0.889. The van der Waals surface area contributed by atoms with Gasteiger partial charge in [0, 0.05) is 13.1 Å². The van der Waals surface area contributed by atoms with Gasteiger partial charge >= 0.3 is 0 Å². The Morgan fingerprint density at radius 1 is 1.23 bits per heavy atom. The lowest BCUT2D eigenvalue weighted by atomic mass is 10.3. The van der Waals surface area contributed by atoms with Crippen molar-refractivity contribution in [3.05, 3.63) is 30.1 Å². The Balaban J connectivity index is 2.32. The molecule has 0 aliphatic carbocycles. The summed E-state index contributed by atoms with van der Waals surface area (Å²) in [6.07, 6.45) is 1.76. The van der Waals surface area contributed by atoms with E-state index < -0.39 is 0 Å². The van der Waals surface area contributed by atoms with Crippen LogP contribution in [0.15, 0.2) is 34.6 Å². The van der Waals surface area contributed by atoms with E-state index in [4.69, 9.17) is 0 Å². The number of amidine groups is 2. The summed E-state index contributed by atoms with van der Waals surface area (Å²) in [5.74, 6) is 1.86. The molecule has 4 heteroatoms. The molecule has 0 amide bonds. The lowest BCUT2D eigenvalue weighted by Crippen LogP contribution is -3.13. The zero-order valence-corrected chi connectivity index (χ0v) is 7.65. The van der Waals surface area contributed by atoms with Crippen molar-refractivity contribution < 1.29 is 4.90 Å². The highest BCUT2D eigenvalue weighted by Gasteiger charge is 2.24. The molecule has 0 aromatic carbocycles. The van der Waals surface area contributed by atoms with Gasteiger partial charge in [-0.05, 0) is 12.1 Å². The van der Waals surface area contributed by atoms with Crippen molar-refractivity contribution in [1.29, 1.82) is 0 Å². The number of hydrogen-bond donors (Lipinski definition) is 1. The molecular formula is C9H11N4+. The minimum absolute atomic E-state index is 0.887. The molecule has 1 aromatic rings. The quantitative estimate of drug-likeness (QED) is 0.625. The standard InChI is InChI=1S/C9H10N4/c1-7-11-12-9(13(7)2)8-5-3-4-6-10-8/h3-6H,1-2H3/p+1. The summed E-state index contributed by atoms with van der Waals surface area (Å²) in [4.78, 5) is 5.33. The number of nitrogens with one attached hydrogen (secondary N) is 1. The van der Waals surface area contributed by atoms with E-state index in [2.05, 4.69) is 15.2 Å². The van der Waals surface area contributed by atoms with Crippen LogP contribution < -0.4 is 4.90 Å². The molecule has 0 saturated carbocycles. The average Bonchev–Trinajstić information content (AvgIpc) is 2.49. The van der Waals surface area contributed by atoms with Crippen molar-refractivity contribution in [3.63, 3.8) is 0 Å². The van der Waals surface area contributed by atoms with Crippen molar-refractivity contribution in [2.75, 3.05) is 7.05 Å². The van der Waals surface area contributed by atoms with Crippen molar-refractivity contribution in [2.45, 2.75) is 6.92 Å². The van der Waals surface area contributed by atoms with Crippen LogP contribution in [0.25, 0.3) is 0 Å². The van der Waals surface area contributed by atoms with Gasteiger partial charge in [-0.3, -0.25) is 0 Å². The molecule has 0 radical (unpaired) electrons. The van der Waals surface area contributed by atoms with E-state index in [1.165, 1.54) is 0 Å². The number of rotatable bonds is 1. The van der Waals surface area contributed by atoms with E-state index in [-0.39, 0.29) is 0 Å². The van der Waals surface area contributed by atoms with Crippen LogP contribution >= 0.6 is 0 Å². The molecule has 2 rings (SSSR count). The normalized spacial score (nSPS) is 21.2. The maximum absolute atomic E-state index is 4.22. The van der Waals surface area contributed by atoms with Gasteiger partial charge in [-0.1, -0.05) is 16.3 Å². The van der Waals surface area contributed by atoms with Gasteiger partial charge < -0.3 is 0 Å². The monoisotopic (exact) mass is 175 g/mol. The summed E-state index contributed by atoms with van der Waals surface area (Å²) >= 11 is 0. The second kappa shape index (κ2) is 3.06. The predicted molar refractivity (Wildman–Crippen MR) is 50.8 cm³/mol. The van der Waals surface area contributed by atoms with Crippen LogP contribution in [0.2, 0.25) is 0 Å². The molecule has 0 bridgehead atoms. The van der Waals surface area contributed by atoms with E-state index in [1.54, 1.807) is 6.20 Å². The van der Waals surface area contributed by atoms with E-state index in [9.17, 15) is 0 Å². The van der Waals surface area contributed by atoms with Gasteiger partial charge in [0.15, 0.2) is 0 Å². The van der Waals surface area contributed by atoms with Crippen molar-refractivity contribution in [3.8, 4) is 0 Å². The predicted octanol–water partition coefficient (Wildman–Crippen LogP) is -0.310. The first-order valence-corrected chi connectivity index (χ1v) is 4.17.